The number of aromatic nitrogens is 3. The van der Waals surface area contributed by atoms with Crippen LogP contribution in [0.5, 0.6) is 0 Å². The van der Waals surface area contributed by atoms with Crippen molar-refractivity contribution in [3.63, 3.8) is 0 Å². The number of nitrogens with zero attached hydrogens (tertiary/aromatic N) is 3. The zero-order valence-electron chi connectivity index (χ0n) is 12.5. The molecule has 0 aromatic carbocycles. The van der Waals surface area contributed by atoms with Gasteiger partial charge in [0.1, 0.15) is 0 Å². The fourth-order valence-corrected chi connectivity index (χ4v) is 3.32. The van der Waals surface area contributed by atoms with Crippen molar-refractivity contribution in [3.8, 4) is 0 Å². The Balaban J connectivity index is 2.27. The van der Waals surface area contributed by atoms with Crippen LogP contribution < -0.4 is 5.32 Å². The fraction of sp³-hybridized carbons (Fsp3) is 0.857. The first kappa shape index (κ1) is 16.3. The van der Waals surface area contributed by atoms with E-state index in [1.165, 1.54) is 0 Å². The van der Waals surface area contributed by atoms with Crippen LogP contribution in [0.1, 0.15) is 50.8 Å². The number of hydrogen-bond donors (Lipinski definition) is 1. The van der Waals surface area contributed by atoms with E-state index in [1.54, 1.807) is 17.9 Å². The molecule has 1 N–H and O–H groups in total. The molecule has 21 heavy (non-hydrogen) atoms. The largest absolute Gasteiger partial charge is 0.392 e. The number of aryl methyl sites for hydroxylation is 1. The lowest BCUT2D eigenvalue weighted by molar-refractivity contribution is -0.199. The van der Waals surface area contributed by atoms with E-state index in [0.717, 1.165) is 18.5 Å². The summed E-state index contributed by atoms with van der Waals surface area (Å²) in [6, 6.07) is -0.336. The Kier molecular flexibility index (Phi) is 5.24. The Labute approximate surface area is 123 Å². The van der Waals surface area contributed by atoms with Crippen LogP contribution in [0.3, 0.4) is 0 Å². The first-order chi connectivity index (χ1) is 9.95. The lowest BCUT2D eigenvalue weighted by Crippen LogP contribution is -2.41. The van der Waals surface area contributed by atoms with Crippen LogP contribution in [0.2, 0.25) is 0 Å². The van der Waals surface area contributed by atoms with Crippen molar-refractivity contribution in [3.05, 3.63) is 11.9 Å². The minimum Gasteiger partial charge on any atom is -0.308 e. The van der Waals surface area contributed by atoms with Gasteiger partial charge in [0.15, 0.2) is 0 Å². The van der Waals surface area contributed by atoms with E-state index in [2.05, 4.69) is 15.6 Å². The third-order valence-electron chi connectivity index (χ3n) is 4.35. The molecule has 1 fully saturated rings. The van der Waals surface area contributed by atoms with Crippen molar-refractivity contribution in [1.82, 2.24) is 20.3 Å². The Morgan fingerprint density at radius 1 is 1.38 bits per heavy atom. The molecule has 0 spiro atoms. The van der Waals surface area contributed by atoms with Gasteiger partial charge in [-0.05, 0) is 31.7 Å². The van der Waals surface area contributed by atoms with Crippen LogP contribution in [-0.4, -0.2) is 27.7 Å². The summed E-state index contributed by atoms with van der Waals surface area (Å²) in [4.78, 5) is 0. The minimum atomic E-state index is -4.14. The fourth-order valence-electron chi connectivity index (χ4n) is 3.32. The van der Waals surface area contributed by atoms with Gasteiger partial charge in [0.2, 0.25) is 0 Å². The predicted molar refractivity (Wildman–Crippen MR) is 73.5 cm³/mol. The van der Waals surface area contributed by atoms with Gasteiger partial charge >= 0.3 is 6.18 Å². The van der Waals surface area contributed by atoms with Gasteiger partial charge in [-0.2, -0.15) is 13.2 Å². The number of halogens is 3. The van der Waals surface area contributed by atoms with E-state index >= 15 is 0 Å². The first-order valence-corrected chi connectivity index (χ1v) is 7.59. The minimum absolute atomic E-state index is 0.226. The molecule has 120 valence electrons. The lowest BCUT2D eigenvalue weighted by Gasteiger charge is -2.38. The molecular weight excluding hydrogens is 281 g/mol. The molecule has 0 bridgehead atoms. The molecular formula is C14H23F3N4. The first-order valence-electron chi connectivity index (χ1n) is 7.59. The van der Waals surface area contributed by atoms with Gasteiger partial charge in [-0.1, -0.05) is 25.0 Å². The summed E-state index contributed by atoms with van der Waals surface area (Å²) in [6.45, 7) is 2.70. The van der Waals surface area contributed by atoms with Crippen LogP contribution in [0.4, 0.5) is 13.2 Å². The highest BCUT2D eigenvalue weighted by Gasteiger charge is 2.48. The third-order valence-corrected chi connectivity index (χ3v) is 4.35. The highest BCUT2D eigenvalue weighted by molar-refractivity contribution is 5.06. The molecule has 7 heteroatoms. The van der Waals surface area contributed by atoms with Crippen molar-refractivity contribution < 1.29 is 13.2 Å². The highest BCUT2D eigenvalue weighted by atomic mass is 19.4. The van der Waals surface area contributed by atoms with Crippen molar-refractivity contribution in [2.24, 2.45) is 18.9 Å². The maximum absolute atomic E-state index is 13.4. The van der Waals surface area contributed by atoms with E-state index in [0.29, 0.717) is 19.4 Å². The molecule has 2 rings (SSSR count). The normalized spacial score (nSPS) is 25.0. The van der Waals surface area contributed by atoms with Gasteiger partial charge in [-0.3, -0.25) is 4.68 Å². The molecule has 0 amide bonds. The average Bonchev–Trinajstić information content (AvgIpc) is 2.85. The van der Waals surface area contributed by atoms with E-state index in [-0.39, 0.29) is 12.5 Å². The molecule has 1 aromatic rings. The standard InChI is InChI=1S/C14H23F3N4/c1-3-8-18-13(12-9-19-20-21(12)2)10-6-4-5-7-11(10)14(15,16)17/h9-11,13,18H,3-8H2,1-2H3. The molecule has 3 atom stereocenters. The molecule has 0 saturated heterocycles. The summed E-state index contributed by atoms with van der Waals surface area (Å²) in [5.74, 6) is -1.68. The molecule has 1 heterocycles. The van der Waals surface area contributed by atoms with Crippen LogP contribution >= 0.6 is 0 Å². The molecule has 3 unspecified atom stereocenters. The van der Waals surface area contributed by atoms with Crippen molar-refractivity contribution in [2.45, 2.75) is 51.2 Å². The van der Waals surface area contributed by atoms with Crippen LogP contribution in [0.15, 0.2) is 6.20 Å². The van der Waals surface area contributed by atoms with Gasteiger partial charge in [0.25, 0.3) is 0 Å². The van der Waals surface area contributed by atoms with Crippen LogP contribution in [0.25, 0.3) is 0 Å². The Morgan fingerprint density at radius 2 is 2.10 bits per heavy atom. The average molecular weight is 304 g/mol. The number of rotatable bonds is 5. The summed E-state index contributed by atoms with van der Waals surface area (Å²) in [7, 11) is 1.73. The number of alkyl halides is 3. The van der Waals surface area contributed by atoms with Gasteiger partial charge in [0.05, 0.1) is 23.9 Å². The summed E-state index contributed by atoms with van der Waals surface area (Å²) in [5.41, 5.74) is 0.740. The number of hydrogen-bond acceptors (Lipinski definition) is 3. The van der Waals surface area contributed by atoms with E-state index in [9.17, 15) is 13.2 Å². The Bertz CT molecular complexity index is 444. The van der Waals surface area contributed by atoms with Crippen molar-refractivity contribution >= 4 is 0 Å². The van der Waals surface area contributed by atoms with Gasteiger partial charge < -0.3 is 5.32 Å². The molecule has 1 aliphatic rings. The van der Waals surface area contributed by atoms with E-state index in [4.69, 9.17) is 0 Å². The molecule has 0 radical (unpaired) electrons. The summed E-state index contributed by atoms with van der Waals surface area (Å²) >= 11 is 0. The van der Waals surface area contributed by atoms with E-state index < -0.39 is 18.0 Å². The third kappa shape index (κ3) is 3.75. The summed E-state index contributed by atoms with van der Waals surface area (Å²) in [6.07, 6.45) is 0.655. The highest BCUT2D eigenvalue weighted by Crippen LogP contribution is 2.46. The smallest absolute Gasteiger partial charge is 0.308 e. The predicted octanol–water partition coefficient (Wildman–Crippen LogP) is 3.22. The maximum atomic E-state index is 13.4. The van der Waals surface area contributed by atoms with E-state index in [1.807, 2.05) is 6.92 Å². The topological polar surface area (TPSA) is 42.7 Å². The molecule has 4 nitrogen and oxygen atoms in total. The maximum Gasteiger partial charge on any atom is 0.392 e. The lowest BCUT2D eigenvalue weighted by atomic mass is 9.74. The Morgan fingerprint density at radius 3 is 2.67 bits per heavy atom. The quantitative estimate of drug-likeness (QED) is 0.908. The monoisotopic (exact) mass is 304 g/mol. The zero-order valence-corrected chi connectivity index (χ0v) is 12.5. The van der Waals surface area contributed by atoms with Gasteiger partial charge in [-0.15, -0.1) is 5.10 Å². The molecule has 0 aliphatic heterocycles. The number of nitrogens with one attached hydrogen (secondary N) is 1. The zero-order chi connectivity index (χ0) is 15.5. The molecule has 1 aromatic heterocycles. The molecule has 1 aliphatic carbocycles. The SMILES string of the molecule is CCCNC(c1cnnn1C)C1CCCCC1C(F)(F)F. The second-order valence-corrected chi connectivity index (χ2v) is 5.81. The second kappa shape index (κ2) is 6.77. The van der Waals surface area contributed by atoms with Crippen LogP contribution in [0, 0.1) is 11.8 Å². The van der Waals surface area contributed by atoms with Gasteiger partial charge in [-0.25, -0.2) is 0 Å². The summed E-state index contributed by atoms with van der Waals surface area (Å²) < 4.78 is 41.6. The molecule has 1 saturated carbocycles. The van der Waals surface area contributed by atoms with Crippen molar-refractivity contribution in [2.75, 3.05) is 6.54 Å². The van der Waals surface area contributed by atoms with Crippen molar-refractivity contribution in [1.29, 1.82) is 0 Å². The second-order valence-electron chi connectivity index (χ2n) is 5.81. The van der Waals surface area contributed by atoms with Gasteiger partial charge in [0, 0.05) is 7.05 Å². The van der Waals surface area contributed by atoms with Crippen LogP contribution in [-0.2, 0) is 7.05 Å². The Hall–Kier alpha value is -1.11. The summed E-state index contributed by atoms with van der Waals surface area (Å²) in [5, 5.41) is 11.0.